The molecule has 4 saturated heterocycles. The van der Waals surface area contributed by atoms with Crippen LogP contribution in [-0.4, -0.2) is 101 Å². The average Bonchev–Trinajstić information content (AvgIpc) is 3.79. The molecule has 5 fully saturated rings. The minimum absolute atomic E-state index is 0.00719. The first-order valence-electron chi connectivity index (χ1n) is 21.7. The molecule has 56 heavy (non-hydrogen) atoms. The molecule has 4 heterocycles. The van der Waals surface area contributed by atoms with Crippen molar-refractivity contribution in [2.45, 2.75) is 172 Å². The first-order chi connectivity index (χ1) is 27.3. The molecule has 5 rings (SSSR count). The number of ether oxygens (including phenoxy) is 2. The zero-order chi connectivity index (χ0) is 40.4. The molecule has 0 aromatic carbocycles. The van der Waals surface area contributed by atoms with Gasteiger partial charge in [-0.15, -0.1) is 0 Å². The van der Waals surface area contributed by atoms with Gasteiger partial charge in [0.25, 0.3) is 0 Å². The van der Waals surface area contributed by atoms with Crippen molar-refractivity contribution in [1.29, 1.82) is 0 Å². The van der Waals surface area contributed by atoms with Crippen molar-refractivity contribution >= 4 is 11.8 Å². The van der Waals surface area contributed by atoms with Gasteiger partial charge in [-0.3, -0.25) is 9.59 Å². The van der Waals surface area contributed by atoms with Gasteiger partial charge in [0, 0.05) is 56.5 Å². The molecule has 0 aromatic rings. The third-order valence-electron chi connectivity index (χ3n) is 11.0. The van der Waals surface area contributed by atoms with E-state index in [9.17, 15) is 19.8 Å². The van der Waals surface area contributed by atoms with E-state index in [0.717, 1.165) is 103 Å². The summed E-state index contributed by atoms with van der Waals surface area (Å²) in [6, 6.07) is 0. The van der Waals surface area contributed by atoms with Gasteiger partial charge in [0.15, 0.2) is 6.29 Å². The maximum Gasteiger partial charge on any atom is 0.220 e. The smallest absolute Gasteiger partial charge is 0.220 e. The fourth-order valence-corrected chi connectivity index (χ4v) is 7.68. The van der Waals surface area contributed by atoms with Crippen LogP contribution in [0.3, 0.4) is 0 Å². The zero-order valence-electron chi connectivity index (χ0n) is 34.2. The van der Waals surface area contributed by atoms with Gasteiger partial charge in [0.05, 0.1) is 43.7 Å². The number of aliphatic hydroxyl groups excluding tert-OH is 4. The maximum absolute atomic E-state index is 11.5. The van der Waals surface area contributed by atoms with E-state index >= 15 is 0 Å². The molecular weight excluding hydrogens is 716 g/mol. The molecule has 5 aliphatic rings. The predicted octanol–water partition coefficient (Wildman–Crippen LogP) is 5.88. The van der Waals surface area contributed by atoms with E-state index < -0.39 is 6.10 Å². The Morgan fingerprint density at radius 3 is 1.75 bits per heavy atom. The molecule has 4 aliphatic heterocycles. The van der Waals surface area contributed by atoms with Crippen LogP contribution < -0.4 is 10.6 Å². The van der Waals surface area contributed by atoms with Gasteiger partial charge in [-0.2, -0.15) is 0 Å². The van der Waals surface area contributed by atoms with Crippen LogP contribution in [0, 0.1) is 17.8 Å². The van der Waals surface area contributed by atoms with Gasteiger partial charge in [0.2, 0.25) is 11.8 Å². The monoisotopic (exact) mass is 791 g/mol. The van der Waals surface area contributed by atoms with E-state index in [1.54, 1.807) is 0 Å². The largest absolute Gasteiger partial charge is 0.395 e. The Kier molecular flexibility index (Phi) is 24.7. The van der Waals surface area contributed by atoms with Crippen molar-refractivity contribution in [3.05, 3.63) is 48.6 Å². The minimum atomic E-state index is -0.400. The highest BCUT2D eigenvalue weighted by atomic mass is 17.2. The Morgan fingerprint density at radius 1 is 0.661 bits per heavy atom. The van der Waals surface area contributed by atoms with Crippen molar-refractivity contribution in [3.8, 4) is 0 Å². The Balaban J connectivity index is 0.000000300. The van der Waals surface area contributed by atoms with E-state index in [-0.39, 0.29) is 73.7 Å². The van der Waals surface area contributed by atoms with Gasteiger partial charge in [-0.05, 0) is 51.4 Å². The van der Waals surface area contributed by atoms with Crippen molar-refractivity contribution in [3.63, 3.8) is 0 Å². The van der Waals surface area contributed by atoms with Gasteiger partial charge >= 0.3 is 0 Å². The van der Waals surface area contributed by atoms with Gasteiger partial charge < -0.3 is 40.5 Å². The molecule has 1 saturated carbocycles. The van der Waals surface area contributed by atoms with Gasteiger partial charge in [-0.25, -0.2) is 9.78 Å². The molecule has 0 aromatic heterocycles. The molecule has 0 radical (unpaired) electrons. The fourth-order valence-electron chi connectivity index (χ4n) is 7.68. The second-order valence-electron chi connectivity index (χ2n) is 15.6. The van der Waals surface area contributed by atoms with Crippen molar-refractivity contribution in [2.24, 2.45) is 17.8 Å². The molecule has 320 valence electrons. The summed E-state index contributed by atoms with van der Waals surface area (Å²) in [5.74, 6) is 0.909. The van der Waals surface area contributed by atoms with Gasteiger partial charge in [0.1, 0.15) is 6.10 Å². The third-order valence-corrected chi connectivity index (χ3v) is 11.0. The molecular formula is C44H74N2O10. The number of unbranched alkanes of at least 4 members (excludes halogenated alkanes) is 6. The van der Waals surface area contributed by atoms with Crippen LogP contribution in [0.2, 0.25) is 0 Å². The number of carbonyl (C=O) groups is 2. The van der Waals surface area contributed by atoms with Gasteiger partial charge in [-0.1, -0.05) is 101 Å². The number of rotatable bonds is 28. The molecule has 0 spiro atoms. The van der Waals surface area contributed by atoms with Crippen LogP contribution in [0.25, 0.3) is 0 Å². The Labute approximate surface area is 336 Å². The van der Waals surface area contributed by atoms with E-state index in [1.807, 2.05) is 18.2 Å². The molecule has 4 bridgehead atoms. The second-order valence-corrected chi connectivity index (χ2v) is 15.6. The SMILES string of the molecule is CCCCC[C@H](O)/C=C/[C@@H]1[C@@H](C/C=C\CCCC(=O)NCCO)[C@@H]2C[C@H]1OO2.CCCCC[C@H](O)/C=C/[C@H]1O[C@H]2C[C@H](O2)[C@@H]1C/C=C\CCCC(=O)NCCO. The number of amides is 2. The number of allylic oxidation sites excluding steroid dienone is 4. The predicted molar refractivity (Wildman–Crippen MR) is 217 cm³/mol. The molecule has 2 amide bonds. The quantitative estimate of drug-likeness (QED) is 0.0319. The first-order valence-corrected chi connectivity index (χ1v) is 21.7. The van der Waals surface area contributed by atoms with Crippen molar-refractivity contribution in [2.75, 3.05) is 26.3 Å². The molecule has 6 N–H and O–H groups in total. The first kappa shape index (κ1) is 48.0. The number of hydrogen-bond acceptors (Lipinski definition) is 10. The molecule has 1 aliphatic carbocycles. The number of nitrogens with one attached hydrogen (secondary N) is 2. The summed E-state index contributed by atoms with van der Waals surface area (Å²) in [7, 11) is 0. The summed E-state index contributed by atoms with van der Waals surface area (Å²) in [5, 5.41) is 42.9. The van der Waals surface area contributed by atoms with E-state index in [2.05, 4.69) is 54.9 Å². The van der Waals surface area contributed by atoms with Crippen LogP contribution in [0.5, 0.6) is 0 Å². The maximum atomic E-state index is 11.5. The Hall–Kier alpha value is -2.42. The lowest BCUT2D eigenvalue weighted by Gasteiger charge is -2.49. The molecule has 12 nitrogen and oxygen atoms in total. The third kappa shape index (κ3) is 18.4. The highest BCUT2D eigenvalue weighted by Crippen LogP contribution is 2.45. The highest BCUT2D eigenvalue weighted by Gasteiger charge is 2.49. The Morgan fingerprint density at radius 2 is 1.20 bits per heavy atom. The molecule has 0 unspecified atom stereocenters. The van der Waals surface area contributed by atoms with Crippen LogP contribution in [-0.2, 0) is 28.8 Å². The van der Waals surface area contributed by atoms with Crippen LogP contribution in [0.1, 0.15) is 129 Å². The lowest BCUT2D eigenvalue weighted by atomic mass is 9.84. The number of aliphatic hydroxyl groups is 4. The van der Waals surface area contributed by atoms with Crippen LogP contribution >= 0.6 is 0 Å². The molecule has 10 atom stereocenters. The summed E-state index contributed by atoms with van der Waals surface area (Å²) in [6.07, 6.45) is 32.4. The normalized spacial score (nSPS) is 27.8. The lowest BCUT2D eigenvalue weighted by molar-refractivity contribution is -0.337. The van der Waals surface area contributed by atoms with Crippen molar-refractivity contribution < 1.29 is 49.3 Å². The number of carbonyl (C=O) groups excluding carboxylic acids is 2. The lowest BCUT2D eigenvalue weighted by Crippen LogP contribution is -2.55. The highest BCUT2D eigenvalue weighted by molar-refractivity contribution is 5.76. The minimum Gasteiger partial charge on any atom is -0.395 e. The van der Waals surface area contributed by atoms with Crippen molar-refractivity contribution in [1.82, 2.24) is 10.6 Å². The number of hydrogen-bond donors (Lipinski definition) is 6. The zero-order valence-corrected chi connectivity index (χ0v) is 34.2. The second kappa shape index (κ2) is 28.9. The fraction of sp³-hybridized carbons (Fsp3) is 0.773. The summed E-state index contributed by atoms with van der Waals surface area (Å²) in [6.45, 7) is 4.93. The van der Waals surface area contributed by atoms with Crippen LogP contribution in [0.4, 0.5) is 0 Å². The Bertz CT molecular complexity index is 1150. The summed E-state index contributed by atoms with van der Waals surface area (Å²) >= 11 is 0. The molecule has 12 heteroatoms. The van der Waals surface area contributed by atoms with E-state index in [1.165, 1.54) is 0 Å². The summed E-state index contributed by atoms with van der Waals surface area (Å²) < 4.78 is 11.7. The number of fused-ring (bicyclic) bond motifs is 4. The summed E-state index contributed by atoms with van der Waals surface area (Å²) in [4.78, 5) is 33.8. The van der Waals surface area contributed by atoms with Crippen LogP contribution in [0.15, 0.2) is 48.6 Å². The standard InChI is InChI=1S/2C22H37NO5/c1-2-3-6-9-17(25)12-13-19-18(20-16-21(19)28-27-20)10-7-4-5-8-11-22(26)23-14-15-24;1-2-3-6-9-17(25)12-13-19-18(20-16-22(27-19)28-20)10-7-4-5-8-11-21(26)23-14-15-24/h4,7,12-13,17-21,24-25H,2-3,5-6,8-11,14-16H2,1H3,(H,23,26);4,7,12-13,17-20,22,24-25H,2-3,5-6,8-11,14-16H2,1H3,(H,23,26)/b2*7-4-,13-12+/t17-,18+,19+,20-,21+;17-,18+,19+,20-,22+/m00/s1. The summed E-state index contributed by atoms with van der Waals surface area (Å²) in [5.41, 5.74) is 0. The topological polar surface area (TPSA) is 176 Å². The van der Waals surface area contributed by atoms with E-state index in [4.69, 9.17) is 29.5 Å². The van der Waals surface area contributed by atoms with E-state index in [0.29, 0.717) is 31.8 Å². The average molecular weight is 791 g/mol.